The van der Waals surface area contributed by atoms with Crippen LogP contribution in [-0.2, 0) is 0 Å². The summed E-state index contributed by atoms with van der Waals surface area (Å²) >= 11 is 0. The van der Waals surface area contributed by atoms with Gasteiger partial charge in [0.05, 0.1) is 0 Å². The molecule has 0 spiro atoms. The maximum atomic E-state index is 2.38. The molecular formula is C34H80. The highest BCUT2D eigenvalue weighted by molar-refractivity contribution is 4.63. The molecule has 0 rings (SSSR count). The second kappa shape index (κ2) is 40.2. The van der Waals surface area contributed by atoms with Gasteiger partial charge in [0.15, 0.2) is 0 Å². The molecule has 0 heterocycles. The van der Waals surface area contributed by atoms with Gasteiger partial charge in [-0.1, -0.05) is 182 Å². The minimum atomic E-state index is 0. The van der Waals surface area contributed by atoms with Crippen molar-refractivity contribution in [2.24, 2.45) is 35.5 Å². The Morgan fingerprint density at radius 3 is 1.00 bits per heavy atom. The standard InChI is InChI=1S/2C10H22.C9H20.2C2H6.CH4/c1-5-7-10(8-6-2)9(3)4;1-5-8-10(7-3)9(4)6-2;1-5-9(6-2)7-8(3)4;2*1-2;/h2*9-10H,5-8H2,1-4H3;8-9H,5-7H2,1-4H3;2*1-2H3;1H4. The van der Waals surface area contributed by atoms with Crippen LogP contribution >= 0.6 is 0 Å². The Labute approximate surface area is 224 Å². The van der Waals surface area contributed by atoms with Crippen LogP contribution in [0.3, 0.4) is 0 Å². The van der Waals surface area contributed by atoms with Gasteiger partial charge in [-0.2, -0.15) is 0 Å². The first-order chi connectivity index (χ1) is 15.7. The van der Waals surface area contributed by atoms with E-state index in [0.29, 0.717) is 0 Å². The Hall–Kier alpha value is 0. The van der Waals surface area contributed by atoms with E-state index in [-0.39, 0.29) is 7.43 Å². The van der Waals surface area contributed by atoms with E-state index in [1.807, 2.05) is 27.7 Å². The van der Waals surface area contributed by atoms with Gasteiger partial charge < -0.3 is 0 Å². The summed E-state index contributed by atoms with van der Waals surface area (Å²) in [7, 11) is 0. The fourth-order valence-corrected chi connectivity index (χ4v) is 4.44. The van der Waals surface area contributed by atoms with Crippen molar-refractivity contribution < 1.29 is 0 Å². The zero-order chi connectivity index (χ0) is 27.2. The zero-order valence-corrected chi connectivity index (χ0v) is 27.2. The number of hydrogen-bond donors (Lipinski definition) is 0. The topological polar surface area (TPSA) is 0 Å². The van der Waals surface area contributed by atoms with Gasteiger partial charge in [0.2, 0.25) is 0 Å². The third-order valence-corrected chi connectivity index (χ3v) is 6.85. The normalized spacial score (nSPS) is 11.6. The molecule has 0 radical (unpaired) electrons. The Bertz CT molecular complexity index is 262. The molecule has 2 atom stereocenters. The van der Waals surface area contributed by atoms with Crippen molar-refractivity contribution in [3.05, 3.63) is 0 Å². The fourth-order valence-electron chi connectivity index (χ4n) is 4.44. The summed E-state index contributed by atoms with van der Waals surface area (Å²) in [6.07, 6.45) is 15.1. The van der Waals surface area contributed by atoms with Gasteiger partial charge in [-0.3, -0.25) is 0 Å². The molecule has 0 aliphatic carbocycles. The summed E-state index contributed by atoms with van der Waals surface area (Å²) < 4.78 is 0. The Morgan fingerprint density at radius 2 is 0.824 bits per heavy atom. The van der Waals surface area contributed by atoms with Crippen molar-refractivity contribution in [2.45, 2.75) is 189 Å². The maximum Gasteiger partial charge on any atom is -0.0391 e. The van der Waals surface area contributed by atoms with Gasteiger partial charge in [-0.15, -0.1) is 0 Å². The van der Waals surface area contributed by atoms with Gasteiger partial charge in [-0.05, 0) is 41.9 Å². The van der Waals surface area contributed by atoms with Crippen molar-refractivity contribution in [3.63, 3.8) is 0 Å². The minimum absolute atomic E-state index is 0. The summed E-state index contributed by atoms with van der Waals surface area (Å²) in [6, 6.07) is 0. The highest BCUT2D eigenvalue weighted by Gasteiger charge is 2.11. The molecule has 0 fully saturated rings. The highest BCUT2D eigenvalue weighted by Crippen LogP contribution is 2.23. The van der Waals surface area contributed by atoms with Crippen molar-refractivity contribution in [1.82, 2.24) is 0 Å². The predicted octanol–water partition coefficient (Wildman–Crippen LogP) is 13.9. The molecule has 0 bridgehead atoms. The number of hydrogen-bond acceptors (Lipinski definition) is 0. The molecule has 0 saturated carbocycles. The number of rotatable bonds is 14. The molecule has 0 aromatic carbocycles. The molecule has 0 aromatic rings. The molecule has 0 aromatic heterocycles. The van der Waals surface area contributed by atoms with E-state index in [2.05, 4.69) is 83.1 Å². The van der Waals surface area contributed by atoms with Crippen LogP contribution in [0.15, 0.2) is 0 Å². The van der Waals surface area contributed by atoms with Crippen molar-refractivity contribution in [1.29, 1.82) is 0 Å². The smallest absolute Gasteiger partial charge is 0.0391 e. The van der Waals surface area contributed by atoms with Crippen LogP contribution in [0.4, 0.5) is 0 Å². The van der Waals surface area contributed by atoms with Crippen LogP contribution in [0, 0.1) is 35.5 Å². The lowest BCUT2D eigenvalue weighted by Crippen LogP contribution is -2.09. The molecule has 0 aliphatic heterocycles. The maximum absolute atomic E-state index is 2.38. The van der Waals surface area contributed by atoms with E-state index in [1.54, 1.807) is 0 Å². The summed E-state index contributed by atoms with van der Waals surface area (Å²) in [5, 5.41) is 0. The first kappa shape index (κ1) is 47.2. The van der Waals surface area contributed by atoms with E-state index in [1.165, 1.54) is 70.6 Å². The average molecular weight is 489 g/mol. The molecule has 0 aliphatic rings. The van der Waals surface area contributed by atoms with Crippen molar-refractivity contribution in [3.8, 4) is 0 Å². The molecule has 0 heteroatoms. The van der Waals surface area contributed by atoms with Crippen LogP contribution in [0.2, 0.25) is 0 Å². The van der Waals surface area contributed by atoms with Crippen LogP contribution < -0.4 is 0 Å². The second-order valence-electron chi connectivity index (χ2n) is 10.2. The molecule has 0 saturated heterocycles. The van der Waals surface area contributed by atoms with E-state index in [9.17, 15) is 0 Å². The third kappa shape index (κ3) is 36.6. The molecule has 0 nitrogen and oxygen atoms in total. The van der Waals surface area contributed by atoms with Gasteiger partial charge in [0.25, 0.3) is 0 Å². The first-order valence-corrected chi connectivity index (χ1v) is 15.7. The van der Waals surface area contributed by atoms with Crippen LogP contribution in [-0.4, -0.2) is 0 Å². The SMILES string of the molecule is C.CC.CC.CCC(CC)CC(C)C.CCCC(CC)C(C)CC.CCCC(CCC)C(C)C. The molecule has 2 unspecified atom stereocenters. The Balaban J connectivity index is -0.0000000793. The summed E-state index contributed by atoms with van der Waals surface area (Å²) in [4.78, 5) is 0. The van der Waals surface area contributed by atoms with Gasteiger partial charge in [0, 0.05) is 0 Å². The van der Waals surface area contributed by atoms with Crippen molar-refractivity contribution >= 4 is 0 Å². The quantitative estimate of drug-likeness (QED) is 0.228. The summed E-state index contributed by atoms with van der Waals surface area (Å²) in [6.45, 7) is 35.7. The molecular weight excluding hydrogens is 408 g/mol. The molecule has 0 N–H and O–H groups in total. The lowest BCUT2D eigenvalue weighted by atomic mass is 9.86. The largest absolute Gasteiger partial charge is 0.0776 e. The van der Waals surface area contributed by atoms with E-state index >= 15 is 0 Å². The van der Waals surface area contributed by atoms with Gasteiger partial charge in [0.1, 0.15) is 0 Å². The fraction of sp³-hybridized carbons (Fsp3) is 1.00. The van der Waals surface area contributed by atoms with Crippen LogP contribution in [0.25, 0.3) is 0 Å². The lowest BCUT2D eigenvalue weighted by Gasteiger charge is -2.20. The van der Waals surface area contributed by atoms with Crippen molar-refractivity contribution in [2.75, 3.05) is 0 Å². The first-order valence-electron chi connectivity index (χ1n) is 15.7. The van der Waals surface area contributed by atoms with Gasteiger partial charge in [-0.25, -0.2) is 0 Å². The zero-order valence-electron chi connectivity index (χ0n) is 27.2. The highest BCUT2D eigenvalue weighted by atomic mass is 14.2. The minimum Gasteiger partial charge on any atom is -0.0776 e. The molecule has 34 heavy (non-hydrogen) atoms. The van der Waals surface area contributed by atoms with Crippen LogP contribution in [0.5, 0.6) is 0 Å². The van der Waals surface area contributed by atoms with E-state index < -0.39 is 0 Å². The van der Waals surface area contributed by atoms with Crippen LogP contribution in [0.1, 0.15) is 189 Å². The summed E-state index contributed by atoms with van der Waals surface area (Å²) in [5.74, 6) is 5.65. The van der Waals surface area contributed by atoms with Gasteiger partial charge >= 0.3 is 0 Å². The third-order valence-electron chi connectivity index (χ3n) is 6.85. The Kier molecular flexibility index (Phi) is 55.8. The van der Waals surface area contributed by atoms with E-state index in [4.69, 9.17) is 0 Å². The summed E-state index contributed by atoms with van der Waals surface area (Å²) in [5.41, 5.74) is 0. The monoisotopic (exact) mass is 489 g/mol. The molecule has 0 amide bonds. The second-order valence-corrected chi connectivity index (χ2v) is 10.2. The predicted molar refractivity (Wildman–Crippen MR) is 169 cm³/mol. The molecule has 216 valence electrons. The van der Waals surface area contributed by atoms with E-state index in [0.717, 1.165) is 35.5 Å². The Morgan fingerprint density at radius 1 is 0.471 bits per heavy atom. The lowest BCUT2D eigenvalue weighted by molar-refractivity contribution is 0.315. The average Bonchev–Trinajstić information content (AvgIpc) is 2.83.